The van der Waals surface area contributed by atoms with Crippen LogP contribution in [0, 0.1) is 0 Å². The van der Waals surface area contributed by atoms with E-state index < -0.39 is 0 Å². The summed E-state index contributed by atoms with van der Waals surface area (Å²) in [6.07, 6.45) is 5.26. The van der Waals surface area contributed by atoms with Crippen molar-refractivity contribution in [2.45, 2.75) is 12.8 Å². The number of nitrogens with one attached hydrogen (secondary N) is 1. The molecule has 0 bridgehead atoms. The summed E-state index contributed by atoms with van der Waals surface area (Å²) in [4.78, 5) is 8.00. The van der Waals surface area contributed by atoms with Crippen molar-refractivity contribution in [3.63, 3.8) is 0 Å². The Bertz CT molecular complexity index is 456. The fourth-order valence-corrected chi connectivity index (χ4v) is 1.62. The molecule has 0 fully saturated rings. The fraction of sp³-hybridized carbons (Fsp3) is 0.231. The van der Waals surface area contributed by atoms with Crippen LogP contribution in [0.1, 0.15) is 12.0 Å². The summed E-state index contributed by atoms with van der Waals surface area (Å²) >= 11 is 0. The third kappa shape index (κ3) is 3.53. The molecule has 0 radical (unpaired) electrons. The lowest BCUT2D eigenvalue weighted by atomic mass is 10.1. The maximum absolute atomic E-state index is 5.51. The van der Waals surface area contributed by atoms with E-state index in [1.807, 2.05) is 18.2 Å². The van der Waals surface area contributed by atoms with Crippen molar-refractivity contribution < 1.29 is 0 Å². The molecule has 1 aromatic heterocycles. The van der Waals surface area contributed by atoms with Gasteiger partial charge in [-0.3, -0.25) is 0 Å². The van der Waals surface area contributed by atoms with E-state index >= 15 is 0 Å². The lowest BCUT2D eigenvalue weighted by Crippen LogP contribution is -2.00. The summed E-state index contributed by atoms with van der Waals surface area (Å²) in [5.41, 5.74) is 7.83. The van der Waals surface area contributed by atoms with Crippen LogP contribution in [-0.4, -0.2) is 16.5 Å². The second-order valence-electron chi connectivity index (χ2n) is 3.81. The molecule has 0 saturated heterocycles. The van der Waals surface area contributed by atoms with Gasteiger partial charge in [0.05, 0.1) is 0 Å². The number of benzene rings is 1. The predicted octanol–water partition coefficient (Wildman–Crippen LogP) is 2.11. The molecular weight excluding hydrogens is 212 g/mol. The first-order chi connectivity index (χ1) is 8.38. The first-order valence-corrected chi connectivity index (χ1v) is 5.70. The van der Waals surface area contributed by atoms with Gasteiger partial charge in [0.15, 0.2) is 0 Å². The smallest absolute Gasteiger partial charge is 0.133 e. The van der Waals surface area contributed by atoms with Crippen molar-refractivity contribution in [2.75, 3.05) is 11.9 Å². The first kappa shape index (κ1) is 11.5. The normalized spacial score (nSPS) is 10.2. The second kappa shape index (κ2) is 5.96. The lowest BCUT2D eigenvalue weighted by Gasteiger charge is -2.07. The van der Waals surface area contributed by atoms with Gasteiger partial charge in [0, 0.05) is 11.9 Å². The highest BCUT2D eigenvalue weighted by atomic mass is 15.0. The van der Waals surface area contributed by atoms with Crippen molar-refractivity contribution in [3.8, 4) is 0 Å². The van der Waals surface area contributed by atoms with Crippen LogP contribution >= 0.6 is 0 Å². The van der Waals surface area contributed by atoms with Crippen molar-refractivity contribution in [1.82, 2.24) is 9.97 Å². The molecule has 0 unspecified atom stereocenters. The minimum atomic E-state index is 0.726. The van der Waals surface area contributed by atoms with Crippen LogP contribution in [0.25, 0.3) is 0 Å². The van der Waals surface area contributed by atoms with Gasteiger partial charge < -0.3 is 11.1 Å². The van der Waals surface area contributed by atoms with Crippen LogP contribution in [0.4, 0.5) is 11.5 Å². The maximum atomic E-state index is 5.51. The number of nitrogens with two attached hydrogens (primary N) is 1. The van der Waals surface area contributed by atoms with Gasteiger partial charge in [0.25, 0.3) is 0 Å². The van der Waals surface area contributed by atoms with E-state index in [1.165, 1.54) is 11.9 Å². The standard InChI is InChI=1S/C13H16N4/c14-7-2-4-11-3-1-5-12(9-11)17-13-6-8-15-10-16-13/h1,3,5-6,8-10H,2,4,7,14H2,(H,15,16,17). The molecule has 17 heavy (non-hydrogen) atoms. The molecule has 2 aromatic rings. The number of aryl methyl sites for hydroxylation is 1. The molecule has 4 heteroatoms. The zero-order valence-electron chi connectivity index (χ0n) is 9.63. The zero-order chi connectivity index (χ0) is 11.9. The van der Waals surface area contributed by atoms with Crippen LogP contribution < -0.4 is 11.1 Å². The van der Waals surface area contributed by atoms with E-state index in [4.69, 9.17) is 5.73 Å². The number of rotatable bonds is 5. The molecule has 2 rings (SSSR count). The Morgan fingerprint density at radius 2 is 2.18 bits per heavy atom. The molecule has 0 aliphatic rings. The molecule has 0 spiro atoms. The Hall–Kier alpha value is -1.94. The van der Waals surface area contributed by atoms with Crippen LogP contribution in [0.3, 0.4) is 0 Å². The fourth-order valence-electron chi connectivity index (χ4n) is 1.62. The Morgan fingerprint density at radius 1 is 1.24 bits per heavy atom. The third-order valence-electron chi connectivity index (χ3n) is 2.45. The molecule has 88 valence electrons. The molecule has 0 saturated carbocycles. The molecule has 0 atom stereocenters. The average Bonchev–Trinajstić information content (AvgIpc) is 2.38. The van der Waals surface area contributed by atoms with Gasteiger partial charge >= 0.3 is 0 Å². The van der Waals surface area contributed by atoms with Gasteiger partial charge in [0.2, 0.25) is 0 Å². The topological polar surface area (TPSA) is 63.8 Å². The van der Waals surface area contributed by atoms with Crippen molar-refractivity contribution in [2.24, 2.45) is 5.73 Å². The maximum Gasteiger partial charge on any atom is 0.133 e. The van der Waals surface area contributed by atoms with E-state index in [-0.39, 0.29) is 0 Å². The molecule has 1 heterocycles. The van der Waals surface area contributed by atoms with Gasteiger partial charge in [0.1, 0.15) is 12.1 Å². The Kier molecular flexibility index (Phi) is 4.05. The van der Waals surface area contributed by atoms with Gasteiger partial charge in [-0.2, -0.15) is 0 Å². The molecule has 0 amide bonds. The van der Waals surface area contributed by atoms with Crippen LogP contribution in [-0.2, 0) is 6.42 Å². The highest BCUT2D eigenvalue weighted by molar-refractivity contribution is 5.56. The number of nitrogens with zero attached hydrogens (tertiary/aromatic N) is 2. The summed E-state index contributed by atoms with van der Waals surface area (Å²) in [6.45, 7) is 0.726. The largest absolute Gasteiger partial charge is 0.340 e. The third-order valence-corrected chi connectivity index (χ3v) is 2.45. The number of hydrogen-bond donors (Lipinski definition) is 2. The summed E-state index contributed by atoms with van der Waals surface area (Å²) in [5.74, 6) is 0.802. The van der Waals surface area contributed by atoms with Crippen molar-refractivity contribution in [1.29, 1.82) is 0 Å². The van der Waals surface area contributed by atoms with Gasteiger partial charge in [-0.25, -0.2) is 9.97 Å². The molecule has 3 N–H and O–H groups in total. The average molecular weight is 228 g/mol. The van der Waals surface area contributed by atoms with E-state index in [9.17, 15) is 0 Å². The number of hydrogen-bond acceptors (Lipinski definition) is 4. The minimum absolute atomic E-state index is 0.726. The van der Waals surface area contributed by atoms with E-state index in [2.05, 4.69) is 27.4 Å². The minimum Gasteiger partial charge on any atom is -0.340 e. The lowest BCUT2D eigenvalue weighted by molar-refractivity contribution is 0.833. The SMILES string of the molecule is NCCCc1cccc(Nc2ccncn2)c1. The molecule has 0 aliphatic carbocycles. The summed E-state index contributed by atoms with van der Waals surface area (Å²) < 4.78 is 0. The Labute approximate surface area is 101 Å². The second-order valence-corrected chi connectivity index (χ2v) is 3.81. The number of aromatic nitrogens is 2. The molecule has 1 aromatic carbocycles. The molecule has 4 nitrogen and oxygen atoms in total. The Morgan fingerprint density at radius 3 is 2.94 bits per heavy atom. The van der Waals surface area contributed by atoms with Crippen molar-refractivity contribution in [3.05, 3.63) is 48.4 Å². The van der Waals surface area contributed by atoms with Crippen LogP contribution in [0.15, 0.2) is 42.9 Å². The molecule has 0 aliphatic heterocycles. The van der Waals surface area contributed by atoms with Crippen LogP contribution in [0.2, 0.25) is 0 Å². The zero-order valence-corrected chi connectivity index (χ0v) is 9.63. The highest BCUT2D eigenvalue weighted by Crippen LogP contribution is 2.16. The summed E-state index contributed by atoms with van der Waals surface area (Å²) in [5, 5.41) is 3.24. The quantitative estimate of drug-likeness (QED) is 0.822. The van der Waals surface area contributed by atoms with Crippen LogP contribution in [0.5, 0.6) is 0 Å². The number of anilines is 2. The van der Waals surface area contributed by atoms with E-state index in [1.54, 1.807) is 6.20 Å². The summed E-state index contributed by atoms with van der Waals surface area (Å²) in [6, 6.07) is 10.1. The monoisotopic (exact) mass is 228 g/mol. The van der Waals surface area contributed by atoms with Crippen molar-refractivity contribution >= 4 is 11.5 Å². The van der Waals surface area contributed by atoms with E-state index in [0.717, 1.165) is 30.9 Å². The summed E-state index contributed by atoms with van der Waals surface area (Å²) in [7, 11) is 0. The van der Waals surface area contributed by atoms with Gasteiger partial charge in [-0.1, -0.05) is 12.1 Å². The first-order valence-electron chi connectivity index (χ1n) is 5.70. The van der Waals surface area contributed by atoms with Gasteiger partial charge in [-0.15, -0.1) is 0 Å². The highest BCUT2D eigenvalue weighted by Gasteiger charge is 1.97. The van der Waals surface area contributed by atoms with E-state index in [0.29, 0.717) is 0 Å². The van der Waals surface area contributed by atoms with Gasteiger partial charge in [-0.05, 0) is 43.1 Å². The molecular formula is C13H16N4. The predicted molar refractivity (Wildman–Crippen MR) is 69.1 cm³/mol. The Balaban J connectivity index is 2.06.